The summed E-state index contributed by atoms with van der Waals surface area (Å²) in [4.78, 5) is 18.8. The number of aromatic nitrogens is 2. The van der Waals surface area contributed by atoms with Gasteiger partial charge in [-0.1, -0.05) is 37.3 Å². The Labute approximate surface area is 138 Å². The van der Waals surface area contributed by atoms with Crippen LogP contribution in [0.25, 0.3) is 10.8 Å². The summed E-state index contributed by atoms with van der Waals surface area (Å²) in [6.07, 6.45) is 2.07. The van der Waals surface area contributed by atoms with Gasteiger partial charge in [-0.2, -0.15) is 4.98 Å². The lowest BCUT2D eigenvalue weighted by Crippen LogP contribution is -2.07. The van der Waals surface area contributed by atoms with E-state index in [4.69, 9.17) is 4.74 Å². The van der Waals surface area contributed by atoms with Gasteiger partial charge in [0.15, 0.2) is 0 Å². The number of nitro groups is 1. The van der Waals surface area contributed by atoms with E-state index >= 15 is 0 Å². The van der Waals surface area contributed by atoms with Crippen LogP contribution >= 0.6 is 0 Å². The summed E-state index contributed by atoms with van der Waals surface area (Å²) in [5.74, 6) is 0.563. The number of anilines is 1. The molecule has 0 radical (unpaired) electrons. The van der Waals surface area contributed by atoms with Crippen molar-refractivity contribution in [2.75, 3.05) is 11.9 Å². The Morgan fingerprint density at radius 3 is 2.71 bits per heavy atom. The van der Waals surface area contributed by atoms with Gasteiger partial charge in [0.05, 0.1) is 4.92 Å². The largest absolute Gasteiger partial charge is 0.434 e. The first-order valence-corrected chi connectivity index (χ1v) is 7.59. The van der Waals surface area contributed by atoms with Gasteiger partial charge in [0.2, 0.25) is 5.82 Å². The minimum Gasteiger partial charge on any atom is -0.434 e. The van der Waals surface area contributed by atoms with Gasteiger partial charge in [0.1, 0.15) is 12.1 Å². The molecule has 2 aromatic carbocycles. The number of benzene rings is 2. The fourth-order valence-corrected chi connectivity index (χ4v) is 2.32. The van der Waals surface area contributed by atoms with Gasteiger partial charge >= 0.3 is 11.6 Å². The lowest BCUT2D eigenvalue weighted by molar-refractivity contribution is -0.385. The molecule has 3 aromatic rings. The summed E-state index contributed by atoms with van der Waals surface area (Å²) in [7, 11) is 0. The van der Waals surface area contributed by atoms with Gasteiger partial charge in [0.25, 0.3) is 0 Å². The van der Waals surface area contributed by atoms with Crippen LogP contribution in [0.15, 0.2) is 48.8 Å². The first-order chi connectivity index (χ1) is 11.7. The maximum Gasteiger partial charge on any atom is 0.373 e. The van der Waals surface area contributed by atoms with Crippen molar-refractivity contribution in [1.29, 1.82) is 0 Å². The predicted octanol–water partition coefficient (Wildman–Crippen LogP) is 4.15. The Balaban J connectivity index is 1.97. The van der Waals surface area contributed by atoms with Gasteiger partial charge < -0.3 is 10.1 Å². The summed E-state index contributed by atoms with van der Waals surface area (Å²) >= 11 is 0. The minimum atomic E-state index is -0.533. The third kappa shape index (κ3) is 3.24. The molecular weight excluding hydrogens is 308 g/mol. The van der Waals surface area contributed by atoms with E-state index in [1.54, 1.807) is 6.07 Å². The third-order valence-corrected chi connectivity index (χ3v) is 3.45. The smallest absolute Gasteiger partial charge is 0.373 e. The van der Waals surface area contributed by atoms with Crippen LogP contribution in [0.3, 0.4) is 0 Å². The zero-order chi connectivity index (χ0) is 16.9. The fraction of sp³-hybridized carbons (Fsp3) is 0.176. The van der Waals surface area contributed by atoms with Crippen LogP contribution < -0.4 is 10.1 Å². The minimum absolute atomic E-state index is 0.0797. The molecule has 0 aliphatic heterocycles. The molecule has 0 atom stereocenters. The van der Waals surface area contributed by atoms with E-state index in [9.17, 15) is 10.1 Å². The Morgan fingerprint density at radius 2 is 1.96 bits per heavy atom. The standard InChI is InChI=1S/C17H16N4O3/c1-2-9-18-16-15(21(22)23)17(20-11-19-16)24-14-8-7-12-5-3-4-6-13(12)10-14/h3-8,10-11H,2,9H2,1H3,(H,18,19,20). The van der Waals surface area contributed by atoms with Gasteiger partial charge in [-0.15, -0.1) is 0 Å². The van der Waals surface area contributed by atoms with Gasteiger partial charge in [-0.25, -0.2) is 4.98 Å². The normalized spacial score (nSPS) is 10.5. The Morgan fingerprint density at radius 1 is 1.17 bits per heavy atom. The van der Waals surface area contributed by atoms with E-state index in [2.05, 4.69) is 15.3 Å². The Kier molecular flexibility index (Phi) is 4.51. The molecule has 0 bridgehead atoms. The average Bonchev–Trinajstić information content (AvgIpc) is 2.59. The lowest BCUT2D eigenvalue weighted by Gasteiger charge is -2.09. The molecule has 0 unspecified atom stereocenters. The second-order valence-electron chi connectivity index (χ2n) is 5.17. The molecule has 0 saturated heterocycles. The predicted molar refractivity (Wildman–Crippen MR) is 91.5 cm³/mol. The summed E-state index contributed by atoms with van der Waals surface area (Å²) in [5.41, 5.74) is -0.265. The number of fused-ring (bicyclic) bond motifs is 1. The molecule has 0 saturated carbocycles. The van der Waals surface area contributed by atoms with Crippen LogP contribution in [0.2, 0.25) is 0 Å². The van der Waals surface area contributed by atoms with Crippen molar-refractivity contribution in [2.24, 2.45) is 0 Å². The van der Waals surface area contributed by atoms with Gasteiger partial charge in [-0.05, 0) is 29.3 Å². The van der Waals surface area contributed by atoms with Crippen LogP contribution in [0.5, 0.6) is 11.6 Å². The van der Waals surface area contributed by atoms with Crippen molar-refractivity contribution in [2.45, 2.75) is 13.3 Å². The second kappa shape index (κ2) is 6.91. The average molecular weight is 324 g/mol. The highest BCUT2D eigenvalue weighted by Crippen LogP contribution is 2.34. The van der Waals surface area contributed by atoms with Crippen LogP contribution in [0, 0.1) is 10.1 Å². The van der Waals surface area contributed by atoms with E-state index in [-0.39, 0.29) is 17.4 Å². The van der Waals surface area contributed by atoms with E-state index in [1.165, 1.54) is 6.33 Å². The molecule has 0 spiro atoms. The number of rotatable bonds is 6. The molecule has 0 amide bonds. The second-order valence-corrected chi connectivity index (χ2v) is 5.17. The Bertz CT molecular complexity index is 883. The van der Waals surface area contributed by atoms with E-state index in [0.29, 0.717) is 12.3 Å². The van der Waals surface area contributed by atoms with Crippen molar-refractivity contribution in [3.63, 3.8) is 0 Å². The van der Waals surface area contributed by atoms with E-state index in [0.717, 1.165) is 17.2 Å². The van der Waals surface area contributed by atoms with Crippen LogP contribution in [0.1, 0.15) is 13.3 Å². The maximum absolute atomic E-state index is 11.4. The number of hydrogen-bond acceptors (Lipinski definition) is 6. The molecule has 0 fully saturated rings. The molecule has 3 rings (SSSR count). The highest BCUT2D eigenvalue weighted by Gasteiger charge is 2.24. The molecular formula is C17H16N4O3. The lowest BCUT2D eigenvalue weighted by atomic mass is 10.1. The zero-order valence-corrected chi connectivity index (χ0v) is 13.1. The van der Waals surface area contributed by atoms with Gasteiger partial charge in [-0.3, -0.25) is 10.1 Å². The molecule has 1 aromatic heterocycles. The number of nitrogens with zero attached hydrogens (tertiary/aromatic N) is 3. The first-order valence-electron chi connectivity index (χ1n) is 7.59. The first kappa shape index (κ1) is 15.7. The molecule has 1 heterocycles. The highest BCUT2D eigenvalue weighted by atomic mass is 16.6. The highest BCUT2D eigenvalue weighted by molar-refractivity contribution is 5.83. The SMILES string of the molecule is CCCNc1ncnc(Oc2ccc3ccccc3c2)c1[N+](=O)[O-]. The van der Waals surface area contributed by atoms with Crippen LogP contribution in [-0.2, 0) is 0 Å². The fourth-order valence-electron chi connectivity index (χ4n) is 2.32. The molecule has 122 valence electrons. The van der Waals surface area contributed by atoms with Crippen LogP contribution in [-0.4, -0.2) is 21.4 Å². The summed E-state index contributed by atoms with van der Waals surface area (Å²) in [6, 6.07) is 13.3. The van der Waals surface area contributed by atoms with E-state index in [1.807, 2.05) is 43.3 Å². The molecule has 0 aliphatic carbocycles. The summed E-state index contributed by atoms with van der Waals surface area (Å²) in [6.45, 7) is 2.54. The van der Waals surface area contributed by atoms with Crippen LogP contribution in [0.4, 0.5) is 11.5 Å². The van der Waals surface area contributed by atoms with E-state index < -0.39 is 4.92 Å². The molecule has 7 nitrogen and oxygen atoms in total. The zero-order valence-electron chi connectivity index (χ0n) is 13.1. The number of ether oxygens (including phenoxy) is 1. The molecule has 0 aliphatic rings. The topological polar surface area (TPSA) is 90.2 Å². The number of hydrogen-bond donors (Lipinski definition) is 1. The van der Waals surface area contributed by atoms with Gasteiger partial charge in [0, 0.05) is 6.54 Å². The molecule has 24 heavy (non-hydrogen) atoms. The monoisotopic (exact) mass is 324 g/mol. The maximum atomic E-state index is 11.4. The Hall–Kier alpha value is -3.22. The molecule has 7 heteroatoms. The summed E-state index contributed by atoms with van der Waals surface area (Å²) < 4.78 is 5.67. The third-order valence-electron chi connectivity index (χ3n) is 3.45. The number of nitrogens with one attached hydrogen (secondary N) is 1. The summed E-state index contributed by atoms with van der Waals surface area (Å²) in [5, 5.41) is 16.4. The van der Waals surface area contributed by atoms with Crippen molar-refractivity contribution in [1.82, 2.24) is 9.97 Å². The van der Waals surface area contributed by atoms with Crippen molar-refractivity contribution < 1.29 is 9.66 Å². The van der Waals surface area contributed by atoms with Crippen molar-refractivity contribution in [3.05, 3.63) is 58.9 Å². The molecule has 1 N–H and O–H groups in total. The quantitative estimate of drug-likeness (QED) is 0.541. The van der Waals surface area contributed by atoms with Crippen molar-refractivity contribution in [3.8, 4) is 11.6 Å². The van der Waals surface area contributed by atoms with Crippen molar-refractivity contribution >= 4 is 22.3 Å².